The molecule has 0 fully saturated rings. The number of hydrogen-bond acceptors (Lipinski definition) is 2. The van der Waals surface area contributed by atoms with Crippen molar-refractivity contribution >= 4 is 28.8 Å². The second kappa shape index (κ2) is 2.64. The number of rotatable bonds is 1. The molecule has 0 unspecified atom stereocenters. The fourth-order valence-corrected chi connectivity index (χ4v) is 1.32. The number of benzene rings is 1. The molecule has 1 heterocycles. The number of aromatic amines is 1. The molecule has 1 aromatic heterocycles. The van der Waals surface area contributed by atoms with Gasteiger partial charge >= 0.3 is 0 Å². The minimum absolute atomic E-state index is 0.257. The van der Waals surface area contributed by atoms with Gasteiger partial charge in [0.25, 0.3) is 0 Å². The first-order valence-corrected chi connectivity index (χ1v) is 3.89. The minimum atomic E-state index is -0.257. The summed E-state index contributed by atoms with van der Waals surface area (Å²) in [7, 11) is 0. The van der Waals surface area contributed by atoms with Gasteiger partial charge < -0.3 is 4.98 Å². The lowest BCUT2D eigenvalue weighted by Gasteiger charge is -1.93. The predicted molar refractivity (Wildman–Crippen MR) is 49.4 cm³/mol. The number of imidazole rings is 1. The van der Waals surface area contributed by atoms with Gasteiger partial charge in [-0.1, -0.05) is 6.07 Å². The van der Waals surface area contributed by atoms with Gasteiger partial charge in [0.15, 0.2) is 0 Å². The van der Waals surface area contributed by atoms with Crippen LogP contribution in [0, 0.1) is 0 Å². The zero-order chi connectivity index (χ0) is 8.55. The first kappa shape index (κ1) is 7.36. The van der Waals surface area contributed by atoms with E-state index in [9.17, 15) is 4.79 Å². The molecule has 0 spiro atoms. The number of carbonyl (C=O) groups excluding carboxylic acids is 1. The van der Waals surface area contributed by atoms with Crippen LogP contribution in [0.3, 0.4) is 0 Å². The largest absolute Gasteiger partial charge is 0.345 e. The van der Waals surface area contributed by atoms with Crippen LogP contribution >= 0.6 is 12.6 Å². The van der Waals surface area contributed by atoms with Gasteiger partial charge in [0, 0.05) is 0 Å². The third-order valence-corrected chi connectivity index (χ3v) is 1.92. The van der Waals surface area contributed by atoms with Crippen molar-refractivity contribution in [2.75, 3.05) is 0 Å². The molecule has 4 heteroatoms. The predicted octanol–water partition coefficient (Wildman–Crippen LogP) is 1.63. The molecule has 0 radical (unpaired) electrons. The van der Waals surface area contributed by atoms with Gasteiger partial charge in [0.1, 0.15) is 0 Å². The van der Waals surface area contributed by atoms with Crippen LogP contribution in [0.2, 0.25) is 0 Å². The van der Waals surface area contributed by atoms with Crippen LogP contribution in [0.5, 0.6) is 0 Å². The third kappa shape index (κ3) is 1.00. The highest BCUT2D eigenvalue weighted by molar-refractivity contribution is 7.97. The maximum absolute atomic E-state index is 11.0. The highest BCUT2D eigenvalue weighted by atomic mass is 32.1. The van der Waals surface area contributed by atoms with Crippen molar-refractivity contribution in [3.05, 3.63) is 30.1 Å². The number of hydrogen-bond donors (Lipinski definition) is 2. The Morgan fingerprint density at radius 1 is 1.50 bits per heavy atom. The van der Waals surface area contributed by atoms with Gasteiger partial charge in [-0.25, -0.2) is 4.98 Å². The van der Waals surface area contributed by atoms with E-state index < -0.39 is 0 Å². The molecule has 2 aromatic rings. The summed E-state index contributed by atoms with van der Waals surface area (Å²) in [6, 6.07) is 5.37. The summed E-state index contributed by atoms with van der Waals surface area (Å²) in [4.78, 5) is 17.9. The molecule has 0 aliphatic rings. The van der Waals surface area contributed by atoms with Crippen LogP contribution in [0.1, 0.15) is 10.4 Å². The van der Waals surface area contributed by atoms with E-state index in [0.29, 0.717) is 11.1 Å². The Kier molecular flexibility index (Phi) is 1.62. The maximum atomic E-state index is 11.0. The molecule has 0 amide bonds. The zero-order valence-corrected chi connectivity index (χ0v) is 7.01. The van der Waals surface area contributed by atoms with Crippen LogP contribution in [0.25, 0.3) is 11.0 Å². The molecule has 0 aliphatic heterocycles. The van der Waals surface area contributed by atoms with E-state index in [2.05, 4.69) is 22.6 Å². The van der Waals surface area contributed by atoms with E-state index in [1.807, 2.05) is 6.07 Å². The van der Waals surface area contributed by atoms with Crippen molar-refractivity contribution in [2.24, 2.45) is 0 Å². The molecular weight excluding hydrogens is 172 g/mol. The fraction of sp³-hybridized carbons (Fsp3) is 0. The van der Waals surface area contributed by atoms with E-state index >= 15 is 0 Å². The summed E-state index contributed by atoms with van der Waals surface area (Å²) in [5, 5.41) is -0.257. The molecule has 0 saturated carbocycles. The summed E-state index contributed by atoms with van der Waals surface area (Å²) in [6.07, 6.45) is 1.56. The van der Waals surface area contributed by atoms with Crippen molar-refractivity contribution in [1.82, 2.24) is 9.97 Å². The molecule has 3 nitrogen and oxygen atoms in total. The van der Waals surface area contributed by atoms with Crippen LogP contribution in [-0.4, -0.2) is 15.1 Å². The molecule has 60 valence electrons. The Hall–Kier alpha value is -1.29. The molecule has 0 bridgehead atoms. The second-order valence-electron chi connectivity index (χ2n) is 2.41. The van der Waals surface area contributed by atoms with E-state index in [-0.39, 0.29) is 5.12 Å². The maximum Gasteiger partial charge on any atom is 0.218 e. The van der Waals surface area contributed by atoms with E-state index in [0.717, 1.165) is 5.52 Å². The van der Waals surface area contributed by atoms with Crippen molar-refractivity contribution < 1.29 is 4.79 Å². The number of fused-ring (bicyclic) bond motifs is 1. The van der Waals surface area contributed by atoms with Gasteiger partial charge in [-0.3, -0.25) is 4.79 Å². The highest BCUT2D eigenvalue weighted by Crippen LogP contribution is 2.15. The summed E-state index contributed by atoms with van der Waals surface area (Å²) < 4.78 is 0. The van der Waals surface area contributed by atoms with E-state index in [4.69, 9.17) is 0 Å². The Labute approximate surface area is 74.2 Å². The second-order valence-corrected chi connectivity index (χ2v) is 2.82. The summed E-state index contributed by atoms with van der Waals surface area (Å²) in [5.74, 6) is 0. The monoisotopic (exact) mass is 178 g/mol. The Bertz CT molecular complexity index is 435. The van der Waals surface area contributed by atoms with Crippen molar-refractivity contribution in [1.29, 1.82) is 0 Å². The van der Waals surface area contributed by atoms with Gasteiger partial charge in [0.2, 0.25) is 5.12 Å². The lowest BCUT2D eigenvalue weighted by Crippen LogP contribution is -1.89. The number of aromatic nitrogens is 2. The standard InChI is InChI=1S/C8H6N2OS/c11-8(12)5-2-1-3-6-7(5)10-4-9-6/h1-4H,(H,9,10)(H,11,12). The van der Waals surface area contributed by atoms with Crippen LogP contribution in [0.4, 0.5) is 0 Å². The number of H-pyrrole nitrogens is 1. The lowest BCUT2D eigenvalue weighted by atomic mass is 10.2. The minimum Gasteiger partial charge on any atom is -0.345 e. The average molecular weight is 178 g/mol. The Morgan fingerprint density at radius 2 is 2.33 bits per heavy atom. The summed E-state index contributed by atoms with van der Waals surface area (Å²) >= 11 is 3.75. The van der Waals surface area contributed by atoms with Crippen molar-refractivity contribution in [3.63, 3.8) is 0 Å². The van der Waals surface area contributed by atoms with E-state index in [1.54, 1.807) is 18.5 Å². The average Bonchev–Trinajstić information content (AvgIpc) is 2.49. The van der Waals surface area contributed by atoms with Gasteiger partial charge in [-0.05, 0) is 12.1 Å². The smallest absolute Gasteiger partial charge is 0.218 e. The fourth-order valence-electron chi connectivity index (χ4n) is 1.14. The summed E-state index contributed by atoms with van der Waals surface area (Å²) in [5.41, 5.74) is 2.07. The number of para-hydroxylation sites is 1. The third-order valence-electron chi connectivity index (χ3n) is 1.68. The van der Waals surface area contributed by atoms with Gasteiger partial charge in [0.05, 0.1) is 22.9 Å². The topological polar surface area (TPSA) is 45.8 Å². The van der Waals surface area contributed by atoms with Crippen LogP contribution in [-0.2, 0) is 0 Å². The highest BCUT2D eigenvalue weighted by Gasteiger charge is 2.06. The number of thiol groups is 1. The molecule has 0 atom stereocenters. The van der Waals surface area contributed by atoms with Crippen LogP contribution < -0.4 is 0 Å². The normalized spacial score (nSPS) is 10.4. The molecular formula is C8H6N2OS. The van der Waals surface area contributed by atoms with Gasteiger partial charge in [-0.2, -0.15) is 0 Å². The molecule has 12 heavy (non-hydrogen) atoms. The van der Waals surface area contributed by atoms with Gasteiger partial charge in [-0.15, -0.1) is 12.6 Å². The lowest BCUT2D eigenvalue weighted by molar-refractivity contribution is 0.109. The first-order chi connectivity index (χ1) is 5.79. The number of nitrogens with one attached hydrogen (secondary N) is 1. The number of nitrogens with zero attached hydrogens (tertiary/aromatic N) is 1. The molecule has 0 saturated heterocycles. The molecule has 1 N–H and O–H groups in total. The first-order valence-electron chi connectivity index (χ1n) is 3.44. The Balaban J connectivity index is 2.82. The zero-order valence-electron chi connectivity index (χ0n) is 6.11. The molecule has 0 aliphatic carbocycles. The molecule has 2 rings (SSSR count). The number of carbonyl (C=O) groups is 1. The van der Waals surface area contributed by atoms with Crippen LogP contribution in [0.15, 0.2) is 24.5 Å². The van der Waals surface area contributed by atoms with Crippen molar-refractivity contribution in [3.8, 4) is 0 Å². The quantitative estimate of drug-likeness (QED) is 0.652. The SMILES string of the molecule is O=C(S)c1cccc2[nH]cnc12. The Morgan fingerprint density at radius 3 is 3.08 bits per heavy atom. The van der Waals surface area contributed by atoms with E-state index in [1.165, 1.54) is 0 Å². The van der Waals surface area contributed by atoms with Crippen molar-refractivity contribution in [2.45, 2.75) is 0 Å². The summed E-state index contributed by atoms with van der Waals surface area (Å²) in [6.45, 7) is 0. The molecule has 1 aromatic carbocycles.